The maximum atomic E-state index is 8.53. The molecule has 1 aliphatic carbocycles. The second-order valence-corrected chi connectivity index (χ2v) is 2.68. The molecule has 0 aromatic rings. The summed E-state index contributed by atoms with van der Waals surface area (Å²) < 4.78 is 0. The Bertz CT molecular complexity index is 87.1. The molecule has 54 valence electrons. The van der Waals surface area contributed by atoms with Crippen molar-refractivity contribution >= 4 is 0 Å². The van der Waals surface area contributed by atoms with Crippen LogP contribution in [0.5, 0.6) is 0 Å². The molecule has 0 unspecified atom stereocenters. The lowest BCUT2D eigenvalue weighted by Crippen LogP contribution is -2.45. The summed E-state index contributed by atoms with van der Waals surface area (Å²) in [7, 11) is 0. The molecule has 0 aliphatic heterocycles. The molecule has 2 atom stereocenters. The fourth-order valence-electron chi connectivity index (χ4n) is 1.32. The quantitative estimate of drug-likeness (QED) is 0.445. The lowest BCUT2D eigenvalue weighted by atomic mass is 9.92. The second-order valence-electron chi connectivity index (χ2n) is 2.68. The number of hydrogen-bond donors (Lipinski definition) is 3. The van der Waals surface area contributed by atoms with Crippen molar-refractivity contribution in [3.8, 4) is 0 Å². The molecule has 9 heavy (non-hydrogen) atoms. The Labute approximate surface area is 55.2 Å². The van der Waals surface area contributed by atoms with E-state index in [1.807, 2.05) is 0 Å². The SMILES string of the molecule is N[C@@H]1CCCC[C@@H]1NO. The number of hydroxylamine groups is 1. The molecule has 0 saturated heterocycles. The Morgan fingerprint density at radius 1 is 1.33 bits per heavy atom. The van der Waals surface area contributed by atoms with Crippen LogP contribution in [0.3, 0.4) is 0 Å². The van der Waals surface area contributed by atoms with E-state index in [1.54, 1.807) is 0 Å². The van der Waals surface area contributed by atoms with Crippen LogP contribution >= 0.6 is 0 Å². The largest absolute Gasteiger partial charge is 0.326 e. The van der Waals surface area contributed by atoms with Crippen LogP contribution < -0.4 is 11.2 Å². The third-order valence-corrected chi connectivity index (χ3v) is 1.99. The van der Waals surface area contributed by atoms with Crippen LogP contribution in [0.1, 0.15) is 25.7 Å². The Morgan fingerprint density at radius 2 is 2.00 bits per heavy atom. The molecule has 1 saturated carbocycles. The fourth-order valence-corrected chi connectivity index (χ4v) is 1.32. The predicted molar refractivity (Wildman–Crippen MR) is 35.2 cm³/mol. The first kappa shape index (κ1) is 6.99. The van der Waals surface area contributed by atoms with E-state index in [0.29, 0.717) is 0 Å². The highest BCUT2D eigenvalue weighted by Gasteiger charge is 2.19. The van der Waals surface area contributed by atoms with Gasteiger partial charge in [0.15, 0.2) is 0 Å². The molecule has 1 aliphatic rings. The molecular weight excluding hydrogens is 116 g/mol. The highest BCUT2D eigenvalue weighted by atomic mass is 16.5. The third-order valence-electron chi connectivity index (χ3n) is 1.99. The summed E-state index contributed by atoms with van der Waals surface area (Å²) in [6, 6.07) is 0.294. The smallest absolute Gasteiger partial charge is 0.0470 e. The lowest BCUT2D eigenvalue weighted by molar-refractivity contribution is 0.0966. The monoisotopic (exact) mass is 130 g/mol. The first-order valence-electron chi connectivity index (χ1n) is 3.50. The van der Waals surface area contributed by atoms with Gasteiger partial charge in [0, 0.05) is 12.1 Å². The van der Waals surface area contributed by atoms with E-state index in [9.17, 15) is 0 Å². The molecule has 1 fully saturated rings. The second kappa shape index (κ2) is 3.15. The van der Waals surface area contributed by atoms with Crippen molar-refractivity contribution in [3.63, 3.8) is 0 Å². The van der Waals surface area contributed by atoms with Gasteiger partial charge in [-0.05, 0) is 12.8 Å². The van der Waals surface area contributed by atoms with Gasteiger partial charge in [-0.1, -0.05) is 12.8 Å². The van der Waals surface area contributed by atoms with E-state index in [0.717, 1.165) is 12.8 Å². The molecule has 0 amide bonds. The van der Waals surface area contributed by atoms with Gasteiger partial charge in [0.25, 0.3) is 0 Å². The molecule has 0 bridgehead atoms. The maximum Gasteiger partial charge on any atom is 0.0470 e. The average Bonchev–Trinajstić information content (AvgIpc) is 1.89. The topological polar surface area (TPSA) is 58.3 Å². The normalized spacial score (nSPS) is 36.7. The summed E-state index contributed by atoms with van der Waals surface area (Å²) in [4.78, 5) is 0. The van der Waals surface area contributed by atoms with Gasteiger partial charge in [0.2, 0.25) is 0 Å². The van der Waals surface area contributed by atoms with Crippen LogP contribution in [0.25, 0.3) is 0 Å². The van der Waals surface area contributed by atoms with Gasteiger partial charge in [0.1, 0.15) is 0 Å². The van der Waals surface area contributed by atoms with Crippen molar-refractivity contribution in [1.82, 2.24) is 5.48 Å². The van der Waals surface area contributed by atoms with Crippen molar-refractivity contribution < 1.29 is 5.21 Å². The van der Waals surface area contributed by atoms with Crippen molar-refractivity contribution in [3.05, 3.63) is 0 Å². The van der Waals surface area contributed by atoms with Crippen molar-refractivity contribution in [2.45, 2.75) is 37.8 Å². The van der Waals surface area contributed by atoms with Crippen LogP contribution in [0.15, 0.2) is 0 Å². The number of nitrogens with two attached hydrogens (primary N) is 1. The zero-order valence-corrected chi connectivity index (χ0v) is 5.51. The van der Waals surface area contributed by atoms with E-state index in [1.165, 1.54) is 12.8 Å². The van der Waals surface area contributed by atoms with Crippen LogP contribution in [-0.4, -0.2) is 17.3 Å². The predicted octanol–water partition coefficient (Wildman–Crippen LogP) is 0.235. The van der Waals surface area contributed by atoms with E-state index >= 15 is 0 Å². The van der Waals surface area contributed by atoms with E-state index in [2.05, 4.69) is 5.48 Å². The first-order chi connectivity index (χ1) is 4.34. The highest BCUT2D eigenvalue weighted by Crippen LogP contribution is 2.15. The molecule has 0 radical (unpaired) electrons. The van der Waals surface area contributed by atoms with Gasteiger partial charge in [-0.25, -0.2) is 5.48 Å². The van der Waals surface area contributed by atoms with Gasteiger partial charge in [-0.15, -0.1) is 0 Å². The molecular formula is C6H14N2O. The number of hydrogen-bond acceptors (Lipinski definition) is 3. The molecule has 3 heteroatoms. The minimum absolute atomic E-state index is 0.138. The molecule has 0 spiro atoms. The summed E-state index contributed by atoms with van der Waals surface area (Å²) in [6.07, 6.45) is 4.45. The maximum absolute atomic E-state index is 8.53. The van der Waals surface area contributed by atoms with Gasteiger partial charge in [-0.3, -0.25) is 0 Å². The standard InChI is InChI=1S/C6H14N2O/c7-5-3-1-2-4-6(5)8-9/h5-6,8-9H,1-4,7H2/t5-,6+/m1/s1. The third kappa shape index (κ3) is 1.64. The van der Waals surface area contributed by atoms with E-state index in [4.69, 9.17) is 10.9 Å². The minimum Gasteiger partial charge on any atom is -0.326 e. The average molecular weight is 130 g/mol. The minimum atomic E-state index is 0.138. The summed E-state index contributed by atoms with van der Waals surface area (Å²) in [5.41, 5.74) is 7.90. The molecule has 0 heterocycles. The summed E-state index contributed by atoms with van der Waals surface area (Å²) in [6.45, 7) is 0. The summed E-state index contributed by atoms with van der Waals surface area (Å²) in [5.74, 6) is 0. The molecule has 0 aromatic heterocycles. The number of nitrogens with one attached hydrogen (secondary N) is 1. The van der Waals surface area contributed by atoms with Crippen LogP contribution in [0.4, 0.5) is 0 Å². The Hall–Kier alpha value is -0.120. The van der Waals surface area contributed by atoms with Crippen molar-refractivity contribution in [2.75, 3.05) is 0 Å². The summed E-state index contributed by atoms with van der Waals surface area (Å²) >= 11 is 0. The van der Waals surface area contributed by atoms with E-state index in [-0.39, 0.29) is 12.1 Å². The summed E-state index contributed by atoms with van der Waals surface area (Å²) in [5, 5.41) is 8.53. The van der Waals surface area contributed by atoms with Gasteiger partial charge in [0.05, 0.1) is 0 Å². The van der Waals surface area contributed by atoms with Crippen LogP contribution in [0, 0.1) is 0 Å². The first-order valence-corrected chi connectivity index (χ1v) is 3.50. The Kier molecular flexibility index (Phi) is 2.45. The molecule has 1 rings (SSSR count). The van der Waals surface area contributed by atoms with Gasteiger partial charge in [-0.2, -0.15) is 0 Å². The van der Waals surface area contributed by atoms with Crippen LogP contribution in [-0.2, 0) is 0 Å². The van der Waals surface area contributed by atoms with Crippen LogP contribution in [0.2, 0.25) is 0 Å². The van der Waals surface area contributed by atoms with Crippen molar-refractivity contribution in [2.24, 2.45) is 5.73 Å². The molecule has 4 N–H and O–H groups in total. The number of rotatable bonds is 1. The van der Waals surface area contributed by atoms with Crippen molar-refractivity contribution in [1.29, 1.82) is 0 Å². The van der Waals surface area contributed by atoms with Gasteiger partial charge >= 0.3 is 0 Å². The van der Waals surface area contributed by atoms with Gasteiger partial charge < -0.3 is 10.9 Å². The Morgan fingerprint density at radius 3 is 2.44 bits per heavy atom. The molecule has 0 aromatic carbocycles. The van der Waals surface area contributed by atoms with E-state index < -0.39 is 0 Å². The Balaban J connectivity index is 2.30. The zero-order valence-electron chi connectivity index (χ0n) is 5.51. The lowest BCUT2D eigenvalue weighted by Gasteiger charge is -2.26. The molecule has 3 nitrogen and oxygen atoms in total. The highest BCUT2D eigenvalue weighted by molar-refractivity contribution is 4.80. The fraction of sp³-hybridized carbons (Fsp3) is 1.00. The zero-order chi connectivity index (χ0) is 6.69.